The Kier molecular flexibility index (Phi) is 6.44. The Bertz CT molecular complexity index is 724. The van der Waals surface area contributed by atoms with Gasteiger partial charge in [0.15, 0.2) is 0 Å². The molecule has 2 heteroatoms. The molecule has 3 N–H and O–H groups in total. The van der Waals surface area contributed by atoms with Gasteiger partial charge in [0.25, 0.3) is 0 Å². The Balaban J connectivity index is 1.80. The maximum atomic E-state index is 5.90. The molecule has 2 nitrogen and oxygen atoms in total. The maximum absolute atomic E-state index is 5.90. The molecule has 1 atom stereocenters. The molecule has 0 spiro atoms. The van der Waals surface area contributed by atoms with Crippen LogP contribution in [0.4, 0.5) is 11.4 Å². The molecule has 0 radical (unpaired) electrons. The number of nitrogens with one attached hydrogen (secondary N) is 1. The van der Waals surface area contributed by atoms with Gasteiger partial charge in [0.1, 0.15) is 0 Å². The molecule has 0 aliphatic rings. The van der Waals surface area contributed by atoms with Crippen LogP contribution in [0.15, 0.2) is 85.1 Å². The minimum absolute atomic E-state index is 0.515. The molecule has 0 saturated heterocycles. The number of nitrogen functional groups attached to an aromatic ring is 1. The summed E-state index contributed by atoms with van der Waals surface area (Å²) < 4.78 is 0. The van der Waals surface area contributed by atoms with Crippen LogP contribution in [0.3, 0.4) is 0 Å². The van der Waals surface area contributed by atoms with Gasteiger partial charge in [-0.2, -0.15) is 0 Å². The lowest BCUT2D eigenvalue weighted by Gasteiger charge is -2.09. The zero-order valence-corrected chi connectivity index (χ0v) is 14.5. The van der Waals surface area contributed by atoms with E-state index in [0.29, 0.717) is 5.92 Å². The summed E-state index contributed by atoms with van der Waals surface area (Å²) in [7, 11) is 0. The zero-order valence-electron chi connectivity index (χ0n) is 14.5. The van der Waals surface area contributed by atoms with Gasteiger partial charge in [0, 0.05) is 5.70 Å². The van der Waals surface area contributed by atoms with E-state index in [2.05, 4.69) is 62.2 Å². The van der Waals surface area contributed by atoms with Crippen molar-refractivity contribution in [3.8, 4) is 0 Å². The van der Waals surface area contributed by atoms with Gasteiger partial charge in [-0.3, -0.25) is 0 Å². The number of aryl methyl sites for hydroxylation is 1. The number of anilines is 2. The zero-order chi connectivity index (χ0) is 17.4. The first kappa shape index (κ1) is 17.6. The fraction of sp³-hybridized carbons (Fsp3) is 0.182. The number of rotatable bonds is 7. The van der Waals surface area contributed by atoms with Crippen LogP contribution in [-0.4, -0.2) is 0 Å². The second kappa shape index (κ2) is 8.78. The molecule has 0 aliphatic heterocycles. The Morgan fingerprint density at radius 2 is 1.83 bits per heavy atom. The largest absolute Gasteiger partial charge is 0.397 e. The van der Waals surface area contributed by atoms with Crippen molar-refractivity contribution in [2.45, 2.75) is 26.2 Å². The number of allylic oxidation sites excluding steroid dienone is 4. The van der Waals surface area contributed by atoms with Gasteiger partial charge in [0.2, 0.25) is 0 Å². The predicted octanol–water partition coefficient (Wildman–Crippen LogP) is 5.81. The molecule has 0 amide bonds. The van der Waals surface area contributed by atoms with Gasteiger partial charge in [-0.05, 0) is 43.0 Å². The van der Waals surface area contributed by atoms with Crippen LogP contribution in [0.1, 0.15) is 30.4 Å². The first-order valence-electron chi connectivity index (χ1n) is 8.26. The molecule has 0 saturated carbocycles. The van der Waals surface area contributed by atoms with E-state index in [9.17, 15) is 0 Å². The lowest BCUT2D eigenvalue weighted by Crippen LogP contribution is -1.98. The number of nitrogens with two attached hydrogens (primary N) is 1. The summed E-state index contributed by atoms with van der Waals surface area (Å²) in [6.45, 7) is 8.35. The van der Waals surface area contributed by atoms with E-state index in [-0.39, 0.29) is 0 Å². The van der Waals surface area contributed by atoms with Gasteiger partial charge in [-0.25, -0.2) is 0 Å². The van der Waals surface area contributed by atoms with E-state index < -0.39 is 0 Å². The second-order valence-corrected chi connectivity index (χ2v) is 6.07. The fourth-order valence-electron chi connectivity index (χ4n) is 2.39. The SMILES string of the molecule is C=C(/C=C/C=C/CC(C)c1ccc(C)cc1)Nc1ccccc1N. The highest BCUT2D eigenvalue weighted by atomic mass is 14.9. The van der Waals surface area contributed by atoms with Gasteiger partial charge in [-0.15, -0.1) is 0 Å². The van der Waals surface area contributed by atoms with E-state index in [1.54, 1.807) is 0 Å². The number of para-hydroxylation sites is 2. The topological polar surface area (TPSA) is 38.0 Å². The molecular weight excluding hydrogens is 292 g/mol. The van der Waals surface area contributed by atoms with Crippen molar-refractivity contribution in [1.82, 2.24) is 0 Å². The van der Waals surface area contributed by atoms with E-state index >= 15 is 0 Å². The van der Waals surface area contributed by atoms with Gasteiger partial charge in [0.05, 0.1) is 11.4 Å². The summed E-state index contributed by atoms with van der Waals surface area (Å²) in [6, 6.07) is 16.4. The highest BCUT2D eigenvalue weighted by Crippen LogP contribution is 2.20. The maximum Gasteiger partial charge on any atom is 0.0617 e. The lowest BCUT2D eigenvalue weighted by atomic mass is 9.97. The molecule has 0 aromatic heterocycles. The molecule has 2 aromatic carbocycles. The lowest BCUT2D eigenvalue weighted by molar-refractivity contribution is 0.780. The molecule has 2 rings (SSSR count). The van der Waals surface area contributed by atoms with Crippen molar-refractivity contribution in [3.05, 3.63) is 96.2 Å². The standard InChI is InChI=1S/C22H26N2/c1-17-13-15-20(16-14-17)18(2)9-5-4-6-10-19(3)24-22-12-8-7-11-21(22)23/h4-8,10-16,18,24H,3,9,23H2,1-2H3/b5-4+,10-6+. The summed E-state index contributed by atoms with van der Waals surface area (Å²) in [5.41, 5.74) is 11.0. The van der Waals surface area contributed by atoms with Gasteiger partial charge >= 0.3 is 0 Å². The van der Waals surface area contributed by atoms with Crippen molar-refractivity contribution >= 4 is 11.4 Å². The summed E-state index contributed by atoms with van der Waals surface area (Å²) in [5, 5.41) is 3.20. The molecular formula is C22H26N2. The van der Waals surface area contributed by atoms with Crippen molar-refractivity contribution in [1.29, 1.82) is 0 Å². The summed E-state index contributed by atoms with van der Waals surface area (Å²) >= 11 is 0. The average Bonchev–Trinajstić information content (AvgIpc) is 2.57. The summed E-state index contributed by atoms with van der Waals surface area (Å²) in [5.74, 6) is 0.515. The molecule has 0 heterocycles. The van der Waals surface area contributed by atoms with E-state index in [1.165, 1.54) is 11.1 Å². The van der Waals surface area contributed by atoms with Crippen LogP contribution in [0.5, 0.6) is 0 Å². The van der Waals surface area contributed by atoms with Crippen LogP contribution < -0.4 is 11.1 Å². The molecule has 0 aliphatic carbocycles. The third kappa shape index (κ3) is 5.47. The van der Waals surface area contributed by atoms with Crippen LogP contribution in [-0.2, 0) is 0 Å². The number of hydrogen-bond donors (Lipinski definition) is 2. The van der Waals surface area contributed by atoms with E-state index in [4.69, 9.17) is 5.73 Å². The van der Waals surface area contributed by atoms with Crippen molar-refractivity contribution in [2.75, 3.05) is 11.1 Å². The van der Waals surface area contributed by atoms with Gasteiger partial charge < -0.3 is 11.1 Å². The van der Waals surface area contributed by atoms with Crippen LogP contribution >= 0.6 is 0 Å². The van der Waals surface area contributed by atoms with Crippen molar-refractivity contribution in [3.63, 3.8) is 0 Å². The highest BCUT2D eigenvalue weighted by Gasteiger charge is 2.02. The van der Waals surface area contributed by atoms with Crippen molar-refractivity contribution in [2.24, 2.45) is 0 Å². The Hall–Kier alpha value is -2.74. The third-order valence-electron chi connectivity index (χ3n) is 3.94. The molecule has 124 valence electrons. The molecule has 24 heavy (non-hydrogen) atoms. The fourth-order valence-corrected chi connectivity index (χ4v) is 2.39. The number of benzene rings is 2. The average molecular weight is 318 g/mol. The second-order valence-electron chi connectivity index (χ2n) is 6.07. The first-order valence-corrected chi connectivity index (χ1v) is 8.26. The first-order chi connectivity index (χ1) is 11.6. The number of hydrogen-bond acceptors (Lipinski definition) is 2. The molecule has 0 fully saturated rings. The van der Waals surface area contributed by atoms with E-state index in [0.717, 1.165) is 23.5 Å². The molecule has 1 unspecified atom stereocenters. The monoisotopic (exact) mass is 318 g/mol. The smallest absolute Gasteiger partial charge is 0.0617 e. The Morgan fingerprint density at radius 1 is 1.12 bits per heavy atom. The summed E-state index contributed by atoms with van der Waals surface area (Å²) in [4.78, 5) is 0. The quantitative estimate of drug-likeness (QED) is 0.499. The minimum Gasteiger partial charge on any atom is -0.397 e. The van der Waals surface area contributed by atoms with Crippen LogP contribution in [0.2, 0.25) is 0 Å². The third-order valence-corrected chi connectivity index (χ3v) is 3.94. The predicted molar refractivity (Wildman–Crippen MR) is 106 cm³/mol. The molecule has 0 bridgehead atoms. The summed E-state index contributed by atoms with van der Waals surface area (Å²) in [6.07, 6.45) is 9.20. The van der Waals surface area contributed by atoms with Crippen molar-refractivity contribution < 1.29 is 0 Å². The van der Waals surface area contributed by atoms with Crippen LogP contribution in [0, 0.1) is 6.92 Å². The van der Waals surface area contributed by atoms with Crippen LogP contribution in [0.25, 0.3) is 0 Å². The normalized spacial score (nSPS) is 12.6. The van der Waals surface area contributed by atoms with E-state index in [1.807, 2.05) is 36.4 Å². The highest BCUT2D eigenvalue weighted by molar-refractivity contribution is 5.68. The minimum atomic E-state index is 0.515. The molecule has 2 aromatic rings. The van der Waals surface area contributed by atoms with Gasteiger partial charge in [-0.1, -0.05) is 73.7 Å². The Labute approximate surface area is 145 Å². The Morgan fingerprint density at radius 3 is 2.54 bits per heavy atom.